The van der Waals surface area contributed by atoms with E-state index in [4.69, 9.17) is 4.52 Å². The van der Waals surface area contributed by atoms with Crippen molar-refractivity contribution in [3.63, 3.8) is 0 Å². The van der Waals surface area contributed by atoms with E-state index in [9.17, 15) is 8.42 Å². The molecule has 2 saturated heterocycles. The van der Waals surface area contributed by atoms with Crippen molar-refractivity contribution in [3.8, 4) is 0 Å². The Morgan fingerprint density at radius 1 is 1.15 bits per heavy atom. The van der Waals surface area contributed by atoms with Crippen molar-refractivity contribution in [2.24, 2.45) is 0 Å². The van der Waals surface area contributed by atoms with Crippen molar-refractivity contribution in [3.05, 3.63) is 41.8 Å². The molecule has 2 aromatic heterocycles. The molecule has 0 aliphatic carbocycles. The van der Waals surface area contributed by atoms with Crippen LogP contribution in [0.1, 0.15) is 37.2 Å². The molecule has 2 aliphatic heterocycles. The summed E-state index contributed by atoms with van der Waals surface area (Å²) in [5.74, 6) is 1.81. The number of nitrogens with zero attached hydrogens (tertiary/aromatic N) is 5. The number of hydrogen-bond donors (Lipinski definition) is 0. The van der Waals surface area contributed by atoms with E-state index in [1.54, 1.807) is 6.20 Å². The van der Waals surface area contributed by atoms with E-state index in [1.807, 2.05) is 32.0 Å². The van der Waals surface area contributed by atoms with Gasteiger partial charge in [-0.2, -0.15) is 4.98 Å². The average molecular weight is 391 g/mol. The van der Waals surface area contributed by atoms with E-state index in [1.165, 1.54) is 0 Å². The number of sulfone groups is 1. The van der Waals surface area contributed by atoms with Crippen molar-refractivity contribution in [2.45, 2.75) is 44.9 Å². The molecule has 4 heterocycles. The fraction of sp³-hybridized carbons (Fsp3) is 0.611. The van der Waals surface area contributed by atoms with Gasteiger partial charge in [-0.3, -0.25) is 14.8 Å². The van der Waals surface area contributed by atoms with Gasteiger partial charge in [0, 0.05) is 43.8 Å². The largest absolute Gasteiger partial charge is 0.339 e. The average Bonchev–Trinajstić information content (AvgIpc) is 3.22. The van der Waals surface area contributed by atoms with Crippen LogP contribution in [0.15, 0.2) is 28.9 Å². The lowest BCUT2D eigenvalue weighted by atomic mass is 10.0. The third-order valence-corrected chi connectivity index (χ3v) is 7.02. The lowest BCUT2D eigenvalue weighted by Crippen LogP contribution is -2.58. The van der Waals surface area contributed by atoms with Gasteiger partial charge in [-0.25, -0.2) is 8.42 Å². The zero-order valence-corrected chi connectivity index (χ0v) is 16.5. The molecule has 8 nitrogen and oxygen atoms in total. The molecule has 0 radical (unpaired) electrons. The van der Waals surface area contributed by atoms with Crippen LogP contribution in [0.2, 0.25) is 0 Å². The number of piperazine rings is 1. The van der Waals surface area contributed by atoms with Crippen molar-refractivity contribution in [2.75, 3.05) is 24.6 Å². The molecule has 4 rings (SSSR count). The van der Waals surface area contributed by atoms with E-state index in [0.29, 0.717) is 24.8 Å². The van der Waals surface area contributed by atoms with Crippen LogP contribution in [-0.4, -0.2) is 70.0 Å². The normalized spacial score (nSPS) is 25.7. The van der Waals surface area contributed by atoms with Crippen LogP contribution < -0.4 is 0 Å². The molecule has 0 bridgehead atoms. The van der Waals surface area contributed by atoms with E-state index < -0.39 is 9.84 Å². The lowest BCUT2D eigenvalue weighted by molar-refractivity contribution is 0.0329. The van der Waals surface area contributed by atoms with Crippen LogP contribution >= 0.6 is 0 Å². The Hall–Kier alpha value is -1.84. The Bertz CT molecular complexity index is 883. The zero-order valence-electron chi connectivity index (χ0n) is 15.7. The Kier molecular flexibility index (Phi) is 5.00. The molecule has 146 valence electrons. The smallest absolute Gasteiger partial charge is 0.229 e. The minimum atomic E-state index is -3.06. The first kappa shape index (κ1) is 18.5. The van der Waals surface area contributed by atoms with Crippen LogP contribution in [0.3, 0.4) is 0 Å². The summed E-state index contributed by atoms with van der Waals surface area (Å²) >= 11 is 0. The molecule has 0 amide bonds. The highest BCUT2D eigenvalue weighted by molar-refractivity contribution is 7.91. The monoisotopic (exact) mass is 391 g/mol. The Labute approximate surface area is 159 Å². The van der Waals surface area contributed by atoms with E-state index >= 15 is 0 Å². The first-order chi connectivity index (χ1) is 12.9. The van der Waals surface area contributed by atoms with Crippen LogP contribution in [0, 0.1) is 0 Å². The Morgan fingerprint density at radius 3 is 2.44 bits per heavy atom. The Morgan fingerprint density at radius 2 is 1.85 bits per heavy atom. The maximum absolute atomic E-state index is 12.4. The van der Waals surface area contributed by atoms with E-state index in [0.717, 1.165) is 18.8 Å². The van der Waals surface area contributed by atoms with Gasteiger partial charge in [0.05, 0.1) is 23.7 Å². The summed E-state index contributed by atoms with van der Waals surface area (Å²) in [4.78, 5) is 13.3. The highest BCUT2D eigenvalue weighted by Crippen LogP contribution is 2.29. The highest BCUT2D eigenvalue weighted by Gasteiger charge is 2.46. The minimum absolute atomic E-state index is 0.0257. The predicted molar refractivity (Wildman–Crippen MR) is 99.7 cm³/mol. The zero-order chi connectivity index (χ0) is 19.0. The third-order valence-electron chi connectivity index (χ3n) is 5.32. The molecule has 2 aromatic rings. The molecule has 2 atom stereocenters. The maximum Gasteiger partial charge on any atom is 0.229 e. The molecule has 0 saturated carbocycles. The highest BCUT2D eigenvalue weighted by atomic mass is 32.2. The third kappa shape index (κ3) is 4.04. The molecule has 2 aliphatic rings. The molecule has 0 unspecified atom stereocenters. The lowest BCUT2D eigenvalue weighted by Gasteiger charge is -2.43. The number of aromatic nitrogens is 3. The van der Waals surface area contributed by atoms with Gasteiger partial charge in [0.15, 0.2) is 15.7 Å². The SMILES string of the molecule is CC(C)c1nc(CN2CCN(Cc3ccccn3)[C@@H]3CS(=O)(=O)C[C@@H]32)no1. The second kappa shape index (κ2) is 7.29. The summed E-state index contributed by atoms with van der Waals surface area (Å²) in [6.07, 6.45) is 1.77. The van der Waals surface area contributed by atoms with Crippen molar-refractivity contribution < 1.29 is 12.9 Å². The van der Waals surface area contributed by atoms with Crippen LogP contribution in [0.25, 0.3) is 0 Å². The number of hydrogen-bond acceptors (Lipinski definition) is 8. The quantitative estimate of drug-likeness (QED) is 0.747. The second-order valence-electron chi connectivity index (χ2n) is 7.68. The van der Waals surface area contributed by atoms with Gasteiger partial charge in [-0.15, -0.1) is 0 Å². The molecule has 9 heteroatoms. The molecule has 27 heavy (non-hydrogen) atoms. The van der Waals surface area contributed by atoms with Gasteiger partial charge in [0.2, 0.25) is 5.89 Å². The molecular formula is C18H25N5O3S. The molecule has 0 N–H and O–H groups in total. The molecule has 0 spiro atoms. The second-order valence-corrected chi connectivity index (χ2v) is 9.83. The summed E-state index contributed by atoms with van der Waals surface area (Å²) in [6, 6.07) is 5.76. The van der Waals surface area contributed by atoms with Crippen LogP contribution in [0.5, 0.6) is 0 Å². The minimum Gasteiger partial charge on any atom is -0.339 e. The summed E-state index contributed by atoms with van der Waals surface area (Å²) in [5.41, 5.74) is 0.966. The fourth-order valence-corrected chi connectivity index (χ4v) is 5.98. The predicted octanol–water partition coefficient (Wildman–Crippen LogP) is 1.07. The molecule has 0 aromatic carbocycles. The first-order valence-corrected chi connectivity index (χ1v) is 11.1. The van der Waals surface area contributed by atoms with Gasteiger partial charge in [0.1, 0.15) is 0 Å². The van der Waals surface area contributed by atoms with Crippen LogP contribution in [-0.2, 0) is 22.9 Å². The molecular weight excluding hydrogens is 366 g/mol. The van der Waals surface area contributed by atoms with E-state index in [-0.39, 0.29) is 29.5 Å². The fourth-order valence-electron chi connectivity index (χ4n) is 3.94. The van der Waals surface area contributed by atoms with Gasteiger partial charge in [-0.05, 0) is 12.1 Å². The summed E-state index contributed by atoms with van der Waals surface area (Å²) in [7, 11) is -3.06. The van der Waals surface area contributed by atoms with Crippen molar-refractivity contribution in [1.29, 1.82) is 0 Å². The van der Waals surface area contributed by atoms with Gasteiger partial charge < -0.3 is 4.52 Å². The van der Waals surface area contributed by atoms with Crippen molar-refractivity contribution in [1.82, 2.24) is 24.9 Å². The van der Waals surface area contributed by atoms with E-state index in [2.05, 4.69) is 24.9 Å². The van der Waals surface area contributed by atoms with Crippen molar-refractivity contribution >= 4 is 9.84 Å². The van der Waals surface area contributed by atoms with Gasteiger partial charge >= 0.3 is 0 Å². The number of fused-ring (bicyclic) bond motifs is 1. The molecule has 2 fully saturated rings. The van der Waals surface area contributed by atoms with Gasteiger partial charge in [0.25, 0.3) is 0 Å². The summed E-state index contributed by atoms with van der Waals surface area (Å²) < 4.78 is 30.0. The number of rotatable bonds is 5. The van der Waals surface area contributed by atoms with Crippen LogP contribution in [0.4, 0.5) is 0 Å². The van der Waals surface area contributed by atoms with Gasteiger partial charge in [-0.1, -0.05) is 25.1 Å². The summed E-state index contributed by atoms with van der Waals surface area (Å²) in [6.45, 7) is 6.77. The number of pyridine rings is 1. The Balaban J connectivity index is 1.51. The standard InChI is InChI=1S/C18H25N5O3S/c1-13(2)18-20-17(21-26-18)10-23-8-7-22(9-14-5-3-4-6-19-14)15-11-27(24,25)12-16(15)23/h3-6,13,15-16H,7-12H2,1-2H3/t15-,16+/m1/s1. The first-order valence-electron chi connectivity index (χ1n) is 9.32. The maximum atomic E-state index is 12.4. The summed E-state index contributed by atoms with van der Waals surface area (Å²) in [5, 5.41) is 4.07. The topological polar surface area (TPSA) is 92.4 Å².